The molecule has 1 heterocycles. The van der Waals surface area contributed by atoms with Crippen LogP contribution in [0.1, 0.15) is 60.3 Å². The lowest BCUT2D eigenvalue weighted by Crippen LogP contribution is -2.48. The molecule has 0 aliphatic carbocycles. The number of hydrogen-bond acceptors (Lipinski definition) is 2. The molecule has 0 bridgehead atoms. The fraction of sp³-hybridized carbons (Fsp3) is 1.00. The maximum atomic E-state index is 3.66. The molecule has 0 radical (unpaired) electrons. The highest BCUT2D eigenvalue weighted by Crippen LogP contribution is 2.30. The molecule has 1 N–H and O–H groups in total. The molecule has 0 aromatic rings. The topological polar surface area (TPSA) is 15.3 Å². The second kappa shape index (κ2) is 8.26. The average Bonchev–Trinajstić information content (AvgIpc) is 2.42. The Bertz CT molecular complexity index is 235. The van der Waals surface area contributed by atoms with Gasteiger partial charge in [-0.3, -0.25) is 0 Å². The normalized spacial score (nSPS) is 25.7. The van der Waals surface area contributed by atoms with Gasteiger partial charge >= 0.3 is 0 Å². The van der Waals surface area contributed by atoms with Crippen molar-refractivity contribution in [2.24, 2.45) is 17.3 Å². The molecule has 2 atom stereocenters. The standard InChI is InChI=1S/C17H36N2/c1-6-10-18-13-17(7-2,8-3)14-19-11-9-15(4)16(5)12-19/h15-16,18H,6-14H2,1-5H3. The Morgan fingerprint density at radius 1 is 1.11 bits per heavy atom. The zero-order chi connectivity index (χ0) is 14.3. The minimum atomic E-state index is 0.482. The molecular formula is C17H36N2. The van der Waals surface area contributed by atoms with Gasteiger partial charge in [-0.05, 0) is 56.0 Å². The van der Waals surface area contributed by atoms with Gasteiger partial charge in [0.25, 0.3) is 0 Å². The van der Waals surface area contributed by atoms with Crippen LogP contribution >= 0.6 is 0 Å². The minimum absolute atomic E-state index is 0.482. The summed E-state index contributed by atoms with van der Waals surface area (Å²) in [7, 11) is 0. The van der Waals surface area contributed by atoms with E-state index in [1.54, 1.807) is 0 Å². The van der Waals surface area contributed by atoms with E-state index >= 15 is 0 Å². The zero-order valence-electron chi connectivity index (χ0n) is 14.0. The van der Waals surface area contributed by atoms with Gasteiger partial charge in [0.1, 0.15) is 0 Å². The highest BCUT2D eigenvalue weighted by atomic mass is 15.1. The predicted octanol–water partition coefficient (Wildman–Crippen LogP) is 3.77. The second-order valence-electron chi connectivity index (χ2n) is 6.86. The SMILES string of the molecule is CCCNCC(CC)(CC)CN1CCC(C)C(C)C1. The van der Waals surface area contributed by atoms with Crippen LogP contribution in [-0.2, 0) is 0 Å². The third-order valence-electron chi connectivity index (χ3n) is 5.40. The molecule has 0 aromatic heterocycles. The van der Waals surface area contributed by atoms with Crippen LogP contribution in [0.3, 0.4) is 0 Å². The Hall–Kier alpha value is -0.0800. The molecule has 1 rings (SSSR count). The van der Waals surface area contributed by atoms with E-state index in [4.69, 9.17) is 0 Å². The molecule has 1 fully saturated rings. The molecule has 0 saturated carbocycles. The Labute approximate surface area is 121 Å². The van der Waals surface area contributed by atoms with Crippen molar-refractivity contribution < 1.29 is 0 Å². The van der Waals surface area contributed by atoms with Gasteiger partial charge in [-0.25, -0.2) is 0 Å². The summed E-state index contributed by atoms with van der Waals surface area (Å²) in [6.45, 7) is 18.1. The lowest BCUT2D eigenvalue weighted by atomic mass is 9.80. The van der Waals surface area contributed by atoms with E-state index in [1.165, 1.54) is 51.9 Å². The van der Waals surface area contributed by atoms with E-state index in [-0.39, 0.29) is 0 Å². The third-order valence-corrected chi connectivity index (χ3v) is 5.40. The van der Waals surface area contributed by atoms with Crippen LogP contribution in [0.4, 0.5) is 0 Å². The number of nitrogens with zero attached hydrogens (tertiary/aromatic N) is 1. The maximum absolute atomic E-state index is 3.66. The van der Waals surface area contributed by atoms with Crippen LogP contribution in [0.25, 0.3) is 0 Å². The Kier molecular flexibility index (Phi) is 7.38. The summed E-state index contributed by atoms with van der Waals surface area (Å²) < 4.78 is 0. The van der Waals surface area contributed by atoms with Crippen LogP contribution in [0, 0.1) is 17.3 Å². The molecule has 0 spiro atoms. The van der Waals surface area contributed by atoms with Gasteiger partial charge in [0.05, 0.1) is 0 Å². The molecule has 19 heavy (non-hydrogen) atoms. The summed E-state index contributed by atoms with van der Waals surface area (Å²) in [5.41, 5.74) is 0.482. The van der Waals surface area contributed by atoms with Crippen LogP contribution in [0.5, 0.6) is 0 Å². The lowest BCUT2D eigenvalue weighted by Gasteiger charge is -2.42. The van der Waals surface area contributed by atoms with Gasteiger partial charge in [0.15, 0.2) is 0 Å². The first-order valence-corrected chi connectivity index (χ1v) is 8.50. The van der Waals surface area contributed by atoms with Crippen molar-refractivity contribution in [2.75, 3.05) is 32.7 Å². The number of likely N-dealkylation sites (tertiary alicyclic amines) is 1. The Morgan fingerprint density at radius 2 is 1.79 bits per heavy atom. The molecule has 1 aliphatic heterocycles. The van der Waals surface area contributed by atoms with Crippen molar-refractivity contribution in [3.8, 4) is 0 Å². The molecule has 2 heteroatoms. The molecule has 114 valence electrons. The molecular weight excluding hydrogens is 232 g/mol. The first-order valence-electron chi connectivity index (χ1n) is 8.50. The average molecular weight is 268 g/mol. The van der Waals surface area contributed by atoms with Crippen molar-refractivity contribution in [2.45, 2.75) is 60.3 Å². The van der Waals surface area contributed by atoms with Gasteiger partial charge in [-0.1, -0.05) is 34.6 Å². The van der Waals surface area contributed by atoms with Crippen molar-refractivity contribution in [1.29, 1.82) is 0 Å². The molecule has 0 aromatic carbocycles. The fourth-order valence-electron chi connectivity index (χ4n) is 3.28. The number of hydrogen-bond donors (Lipinski definition) is 1. The second-order valence-corrected chi connectivity index (χ2v) is 6.86. The molecule has 0 amide bonds. The number of nitrogens with one attached hydrogen (secondary N) is 1. The van der Waals surface area contributed by atoms with Crippen molar-refractivity contribution >= 4 is 0 Å². The highest BCUT2D eigenvalue weighted by molar-refractivity contribution is 4.85. The van der Waals surface area contributed by atoms with Gasteiger partial charge in [0, 0.05) is 19.6 Å². The summed E-state index contributed by atoms with van der Waals surface area (Å²) >= 11 is 0. The van der Waals surface area contributed by atoms with E-state index < -0.39 is 0 Å². The zero-order valence-corrected chi connectivity index (χ0v) is 14.0. The molecule has 2 unspecified atom stereocenters. The highest BCUT2D eigenvalue weighted by Gasteiger charge is 2.31. The van der Waals surface area contributed by atoms with E-state index in [2.05, 4.69) is 44.8 Å². The fourth-order valence-corrected chi connectivity index (χ4v) is 3.28. The minimum Gasteiger partial charge on any atom is -0.316 e. The summed E-state index contributed by atoms with van der Waals surface area (Å²) in [4.78, 5) is 2.73. The molecule has 1 saturated heterocycles. The van der Waals surface area contributed by atoms with Crippen LogP contribution < -0.4 is 5.32 Å². The van der Waals surface area contributed by atoms with Gasteiger partial charge in [0.2, 0.25) is 0 Å². The molecule has 2 nitrogen and oxygen atoms in total. The Morgan fingerprint density at radius 3 is 2.32 bits per heavy atom. The monoisotopic (exact) mass is 268 g/mol. The number of rotatable bonds is 8. The lowest BCUT2D eigenvalue weighted by molar-refractivity contribution is 0.0763. The molecule has 1 aliphatic rings. The van der Waals surface area contributed by atoms with E-state index in [0.717, 1.165) is 18.4 Å². The maximum Gasteiger partial charge on any atom is 0.00501 e. The van der Waals surface area contributed by atoms with E-state index in [0.29, 0.717) is 5.41 Å². The smallest absolute Gasteiger partial charge is 0.00501 e. The van der Waals surface area contributed by atoms with Crippen LogP contribution in [0.15, 0.2) is 0 Å². The van der Waals surface area contributed by atoms with Crippen molar-refractivity contribution in [3.63, 3.8) is 0 Å². The van der Waals surface area contributed by atoms with Gasteiger partial charge in [-0.2, -0.15) is 0 Å². The van der Waals surface area contributed by atoms with Crippen molar-refractivity contribution in [3.05, 3.63) is 0 Å². The summed E-state index contributed by atoms with van der Waals surface area (Å²) in [5, 5.41) is 3.66. The summed E-state index contributed by atoms with van der Waals surface area (Å²) in [6.07, 6.45) is 5.20. The third kappa shape index (κ3) is 5.07. The largest absolute Gasteiger partial charge is 0.316 e. The van der Waals surface area contributed by atoms with E-state index in [1.807, 2.05) is 0 Å². The quantitative estimate of drug-likeness (QED) is 0.674. The summed E-state index contributed by atoms with van der Waals surface area (Å²) in [5.74, 6) is 1.77. The van der Waals surface area contributed by atoms with Gasteiger partial charge in [-0.15, -0.1) is 0 Å². The summed E-state index contributed by atoms with van der Waals surface area (Å²) in [6, 6.07) is 0. The van der Waals surface area contributed by atoms with Crippen LogP contribution in [-0.4, -0.2) is 37.6 Å². The van der Waals surface area contributed by atoms with E-state index in [9.17, 15) is 0 Å². The number of piperidine rings is 1. The predicted molar refractivity (Wildman–Crippen MR) is 85.6 cm³/mol. The Balaban J connectivity index is 2.52. The first kappa shape index (κ1) is 17.0. The van der Waals surface area contributed by atoms with Gasteiger partial charge < -0.3 is 10.2 Å². The van der Waals surface area contributed by atoms with Crippen LogP contribution in [0.2, 0.25) is 0 Å². The first-order chi connectivity index (χ1) is 9.06. The van der Waals surface area contributed by atoms with Crippen molar-refractivity contribution in [1.82, 2.24) is 10.2 Å².